The van der Waals surface area contributed by atoms with Crippen LogP contribution in [0.1, 0.15) is 12.5 Å². The summed E-state index contributed by atoms with van der Waals surface area (Å²) in [7, 11) is 1.91. The van der Waals surface area contributed by atoms with Crippen LogP contribution in [0.4, 0.5) is 4.39 Å². The molecule has 1 aromatic carbocycles. The van der Waals surface area contributed by atoms with E-state index in [-0.39, 0.29) is 11.9 Å². The smallest absolute Gasteiger partial charge is 0.127 e. The molecule has 1 atom stereocenters. The Kier molecular flexibility index (Phi) is 4.84. The van der Waals surface area contributed by atoms with Gasteiger partial charge in [0, 0.05) is 29.1 Å². The van der Waals surface area contributed by atoms with Crippen LogP contribution in [0, 0.1) is 5.82 Å². The summed E-state index contributed by atoms with van der Waals surface area (Å²) in [5.41, 5.74) is 0.599. The second-order valence-electron chi connectivity index (χ2n) is 3.65. The molecule has 0 aliphatic rings. The number of rotatable bonds is 4. The quantitative estimate of drug-likeness (QED) is 0.739. The molecule has 15 heavy (non-hydrogen) atoms. The molecule has 1 rings (SSSR count). The SMILES string of the molecule is CC(CCl)N(C)Cc1cc(Cl)ccc1F. The first-order valence-electron chi connectivity index (χ1n) is 4.74. The minimum absolute atomic E-state index is 0.213. The van der Waals surface area contributed by atoms with Crippen molar-refractivity contribution in [2.45, 2.75) is 19.5 Å². The molecular formula is C11H14Cl2FN. The summed E-state index contributed by atoms with van der Waals surface area (Å²) in [6.45, 7) is 2.51. The van der Waals surface area contributed by atoms with Gasteiger partial charge < -0.3 is 0 Å². The van der Waals surface area contributed by atoms with Gasteiger partial charge in [-0.1, -0.05) is 11.6 Å². The maximum Gasteiger partial charge on any atom is 0.127 e. The van der Waals surface area contributed by atoms with Gasteiger partial charge in [-0.15, -0.1) is 11.6 Å². The monoisotopic (exact) mass is 249 g/mol. The second-order valence-corrected chi connectivity index (χ2v) is 4.40. The maximum absolute atomic E-state index is 13.4. The van der Waals surface area contributed by atoms with Gasteiger partial charge in [-0.3, -0.25) is 4.90 Å². The molecule has 1 aromatic rings. The average Bonchev–Trinajstić information content (AvgIpc) is 2.22. The van der Waals surface area contributed by atoms with Gasteiger partial charge in [0.15, 0.2) is 0 Å². The highest BCUT2D eigenvalue weighted by molar-refractivity contribution is 6.30. The van der Waals surface area contributed by atoms with E-state index in [1.165, 1.54) is 6.07 Å². The lowest BCUT2D eigenvalue weighted by atomic mass is 10.2. The Bertz CT molecular complexity index is 330. The van der Waals surface area contributed by atoms with Crippen molar-refractivity contribution in [2.24, 2.45) is 0 Å². The Morgan fingerprint density at radius 1 is 1.47 bits per heavy atom. The molecule has 1 unspecified atom stereocenters. The minimum Gasteiger partial charge on any atom is -0.298 e. The van der Waals surface area contributed by atoms with Gasteiger partial charge in [-0.05, 0) is 32.2 Å². The van der Waals surface area contributed by atoms with Crippen molar-refractivity contribution in [1.29, 1.82) is 0 Å². The Balaban J connectivity index is 2.75. The van der Waals surface area contributed by atoms with E-state index < -0.39 is 0 Å². The Labute approximate surface area is 99.8 Å². The van der Waals surface area contributed by atoms with Crippen molar-refractivity contribution in [1.82, 2.24) is 4.90 Å². The summed E-state index contributed by atoms with van der Waals surface area (Å²) in [6.07, 6.45) is 0. The number of alkyl halides is 1. The standard InChI is InChI=1S/C11H14Cl2FN/c1-8(6-12)15(2)7-9-5-10(13)3-4-11(9)14/h3-5,8H,6-7H2,1-2H3. The molecule has 0 spiro atoms. The molecule has 1 nitrogen and oxygen atoms in total. The van der Waals surface area contributed by atoms with E-state index in [9.17, 15) is 4.39 Å². The number of benzene rings is 1. The van der Waals surface area contributed by atoms with Crippen LogP contribution in [-0.2, 0) is 6.54 Å². The number of nitrogens with zero attached hydrogens (tertiary/aromatic N) is 1. The molecule has 0 N–H and O–H groups in total. The first-order chi connectivity index (χ1) is 7.04. The molecule has 0 radical (unpaired) electrons. The van der Waals surface area contributed by atoms with Crippen LogP contribution >= 0.6 is 23.2 Å². The van der Waals surface area contributed by atoms with Gasteiger partial charge in [0.1, 0.15) is 5.82 Å². The summed E-state index contributed by atoms with van der Waals surface area (Å²) in [6, 6.07) is 4.79. The van der Waals surface area contributed by atoms with E-state index in [4.69, 9.17) is 23.2 Å². The summed E-state index contributed by atoms with van der Waals surface area (Å²) in [5, 5.41) is 0.554. The summed E-state index contributed by atoms with van der Waals surface area (Å²) < 4.78 is 13.4. The van der Waals surface area contributed by atoms with Crippen molar-refractivity contribution in [3.63, 3.8) is 0 Å². The van der Waals surface area contributed by atoms with Crippen molar-refractivity contribution in [3.05, 3.63) is 34.6 Å². The normalized spacial score (nSPS) is 13.2. The lowest BCUT2D eigenvalue weighted by Gasteiger charge is -2.22. The average molecular weight is 250 g/mol. The second kappa shape index (κ2) is 5.69. The Hall–Kier alpha value is -0.310. The first kappa shape index (κ1) is 12.8. The zero-order chi connectivity index (χ0) is 11.4. The lowest BCUT2D eigenvalue weighted by molar-refractivity contribution is 0.264. The lowest BCUT2D eigenvalue weighted by Crippen LogP contribution is -2.30. The molecule has 0 saturated heterocycles. The fourth-order valence-corrected chi connectivity index (χ4v) is 1.64. The maximum atomic E-state index is 13.4. The van der Waals surface area contributed by atoms with Crippen molar-refractivity contribution >= 4 is 23.2 Å². The van der Waals surface area contributed by atoms with Gasteiger partial charge in [0.2, 0.25) is 0 Å². The van der Waals surface area contributed by atoms with Crippen molar-refractivity contribution < 1.29 is 4.39 Å². The zero-order valence-electron chi connectivity index (χ0n) is 8.80. The highest BCUT2D eigenvalue weighted by atomic mass is 35.5. The number of hydrogen-bond donors (Lipinski definition) is 0. The fraction of sp³-hybridized carbons (Fsp3) is 0.455. The van der Waals surface area contributed by atoms with Crippen LogP contribution in [0.15, 0.2) is 18.2 Å². The molecule has 0 aromatic heterocycles. The van der Waals surface area contributed by atoms with Crippen molar-refractivity contribution in [3.8, 4) is 0 Å². The van der Waals surface area contributed by atoms with E-state index in [1.807, 2.05) is 18.9 Å². The highest BCUT2D eigenvalue weighted by Gasteiger charge is 2.11. The molecule has 0 bridgehead atoms. The molecule has 0 amide bonds. The van der Waals surface area contributed by atoms with Gasteiger partial charge in [0.25, 0.3) is 0 Å². The van der Waals surface area contributed by atoms with Gasteiger partial charge in [0.05, 0.1) is 0 Å². The van der Waals surface area contributed by atoms with E-state index in [0.717, 1.165) is 0 Å². The zero-order valence-corrected chi connectivity index (χ0v) is 10.3. The summed E-state index contributed by atoms with van der Waals surface area (Å²) in [5.74, 6) is 0.298. The predicted molar refractivity (Wildman–Crippen MR) is 63.1 cm³/mol. The fourth-order valence-electron chi connectivity index (χ4n) is 1.21. The molecule has 0 aliphatic carbocycles. The summed E-state index contributed by atoms with van der Waals surface area (Å²) in [4.78, 5) is 1.99. The predicted octanol–water partition coefficient (Wildman–Crippen LogP) is 3.54. The van der Waals surface area contributed by atoms with E-state index in [0.29, 0.717) is 23.0 Å². The molecule has 0 aliphatic heterocycles. The third-order valence-electron chi connectivity index (χ3n) is 2.40. The van der Waals surface area contributed by atoms with Crippen molar-refractivity contribution in [2.75, 3.05) is 12.9 Å². The van der Waals surface area contributed by atoms with Gasteiger partial charge in [-0.2, -0.15) is 0 Å². The molecule has 0 fully saturated rings. The minimum atomic E-state index is -0.229. The van der Waals surface area contributed by atoms with Crippen LogP contribution in [0.5, 0.6) is 0 Å². The first-order valence-corrected chi connectivity index (χ1v) is 5.66. The Morgan fingerprint density at radius 3 is 2.73 bits per heavy atom. The van der Waals surface area contributed by atoms with Crippen LogP contribution in [-0.4, -0.2) is 23.9 Å². The number of hydrogen-bond acceptors (Lipinski definition) is 1. The molecule has 84 valence electrons. The summed E-state index contributed by atoms with van der Waals surface area (Å²) >= 11 is 11.5. The number of halogens is 3. The van der Waals surface area contributed by atoms with Gasteiger partial charge in [-0.25, -0.2) is 4.39 Å². The Morgan fingerprint density at radius 2 is 2.13 bits per heavy atom. The molecule has 0 heterocycles. The molecule has 0 saturated carbocycles. The van der Waals surface area contributed by atoms with E-state index in [2.05, 4.69) is 0 Å². The largest absolute Gasteiger partial charge is 0.298 e. The molecule has 4 heteroatoms. The topological polar surface area (TPSA) is 3.24 Å². The third-order valence-corrected chi connectivity index (χ3v) is 3.08. The molecular weight excluding hydrogens is 236 g/mol. The highest BCUT2D eigenvalue weighted by Crippen LogP contribution is 2.17. The third kappa shape index (κ3) is 3.63. The van der Waals surface area contributed by atoms with Crippen LogP contribution in [0.25, 0.3) is 0 Å². The van der Waals surface area contributed by atoms with Gasteiger partial charge >= 0.3 is 0 Å². The van der Waals surface area contributed by atoms with Crippen LogP contribution in [0.2, 0.25) is 5.02 Å². The van der Waals surface area contributed by atoms with Crippen LogP contribution in [0.3, 0.4) is 0 Å². The van der Waals surface area contributed by atoms with Crippen LogP contribution < -0.4 is 0 Å². The van der Waals surface area contributed by atoms with E-state index >= 15 is 0 Å². The van der Waals surface area contributed by atoms with E-state index in [1.54, 1.807) is 12.1 Å².